The molecule has 0 saturated carbocycles. The van der Waals surface area contributed by atoms with Gasteiger partial charge in [0.25, 0.3) is 0 Å². The molecule has 1 atom stereocenters. The van der Waals surface area contributed by atoms with Crippen LogP contribution in [0.1, 0.15) is 53.4 Å². The zero-order chi connectivity index (χ0) is 16.5. The van der Waals surface area contributed by atoms with Crippen molar-refractivity contribution in [1.29, 1.82) is 0 Å². The monoisotopic (exact) mass is 523 g/mol. The van der Waals surface area contributed by atoms with E-state index in [1.54, 1.807) is 0 Å². The second kappa shape index (κ2) is 10.4. The molecule has 0 aromatic rings. The van der Waals surface area contributed by atoms with Gasteiger partial charge in [-0.1, -0.05) is 27.4 Å². The Kier molecular flexibility index (Phi) is 10.7. The van der Waals surface area contributed by atoms with Crippen LogP contribution in [0.25, 0.3) is 0 Å². The van der Waals surface area contributed by atoms with Crippen LogP contribution in [0, 0.1) is 0 Å². The molecular formula is C15H27I2NO3. The zero-order valence-corrected chi connectivity index (χ0v) is 17.7. The second-order valence-electron chi connectivity index (χ2n) is 5.27. The summed E-state index contributed by atoms with van der Waals surface area (Å²) in [6.45, 7) is 13.4. The Morgan fingerprint density at radius 3 is 2.19 bits per heavy atom. The fourth-order valence-corrected chi connectivity index (χ4v) is 3.43. The van der Waals surface area contributed by atoms with Gasteiger partial charge in [0.1, 0.15) is 23.0 Å². The van der Waals surface area contributed by atoms with E-state index < -0.39 is 0 Å². The number of rotatable bonds is 11. The molecule has 124 valence electrons. The van der Waals surface area contributed by atoms with Gasteiger partial charge in [-0.25, -0.2) is 4.79 Å². The second-order valence-corrected chi connectivity index (χ2v) is 7.01. The van der Waals surface area contributed by atoms with Crippen molar-refractivity contribution >= 4 is 51.6 Å². The van der Waals surface area contributed by atoms with Crippen LogP contribution in [-0.4, -0.2) is 30.3 Å². The summed E-state index contributed by atoms with van der Waals surface area (Å²) in [6.07, 6.45) is 3.69. The summed E-state index contributed by atoms with van der Waals surface area (Å²) in [4.78, 5) is 11.3. The Hall–Kier alpha value is 0.590. The van der Waals surface area contributed by atoms with Crippen LogP contribution in [0.4, 0.5) is 0 Å². The molecule has 0 aliphatic carbocycles. The van der Waals surface area contributed by atoms with E-state index in [0.717, 1.165) is 32.2 Å². The fraction of sp³-hybridized carbons (Fsp3) is 0.800. The van der Waals surface area contributed by atoms with E-state index >= 15 is 0 Å². The van der Waals surface area contributed by atoms with E-state index in [2.05, 4.69) is 39.6 Å². The molecular weight excluding hydrogens is 496 g/mol. The van der Waals surface area contributed by atoms with E-state index in [1.807, 2.05) is 45.6 Å². The lowest BCUT2D eigenvalue weighted by Crippen LogP contribution is -2.61. The Morgan fingerprint density at radius 2 is 1.81 bits per heavy atom. The van der Waals surface area contributed by atoms with Crippen LogP contribution in [-0.2, 0) is 12.6 Å². The zero-order valence-electron chi connectivity index (χ0n) is 13.4. The molecule has 0 rings (SSSR count). The minimum Gasteiger partial charge on any atom is -0.462 e. The predicted octanol–water partition coefficient (Wildman–Crippen LogP) is 4.55. The highest BCUT2D eigenvalue weighted by Gasteiger charge is 2.45. The maximum atomic E-state index is 11.3. The normalized spacial score (nSPS) is 14.6. The van der Waals surface area contributed by atoms with Gasteiger partial charge in [-0.3, -0.25) is 0 Å². The lowest BCUT2D eigenvalue weighted by atomic mass is 9.75. The highest BCUT2D eigenvalue weighted by molar-refractivity contribution is 14.1. The molecule has 4 nitrogen and oxygen atoms in total. The van der Waals surface area contributed by atoms with Gasteiger partial charge in [-0.05, 0) is 61.7 Å². The Labute approximate surface area is 156 Å². The summed E-state index contributed by atoms with van der Waals surface area (Å²) in [7, 11) is 0. The highest BCUT2D eigenvalue weighted by Crippen LogP contribution is 2.36. The molecule has 0 saturated heterocycles. The minimum absolute atomic E-state index is 0.0696. The Balaban J connectivity index is 4.47. The van der Waals surface area contributed by atoms with Gasteiger partial charge in [-0.2, -0.15) is 0 Å². The van der Waals surface area contributed by atoms with E-state index in [0.29, 0.717) is 10.2 Å². The number of ether oxygens (including phenoxy) is 1. The average Bonchev–Trinajstić information content (AvgIpc) is 2.50. The molecule has 0 spiro atoms. The average molecular weight is 523 g/mol. The predicted molar refractivity (Wildman–Crippen MR) is 104 cm³/mol. The van der Waals surface area contributed by atoms with Crippen molar-refractivity contribution in [2.24, 2.45) is 0 Å². The molecule has 0 heterocycles. The van der Waals surface area contributed by atoms with Crippen molar-refractivity contribution in [3.8, 4) is 0 Å². The topological polar surface area (TPSA) is 47.6 Å². The largest absolute Gasteiger partial charge is 0.462 e. The van der Waals surface area contributed by atoms with Crippen LogP contribution in [0.15, 0.2) is 10.2 Å². The van der Waals surface area contributed by atoms with E-state index in [4.69, 9.17) is 7.80 Å². The first-order valence-corrected chi connectivity index (χ1v) is 9.34. The van der Waals surface area contributed by atoms with Crippen LogP contribution in [0.2, 0.25) is 0 Å². The molecule has 6 heteroatoms. The van der Waals surface area contributed by atoms with Crippen molar-refractivity contribution in [3.05, 3.63) is 10.2 Å². The third-order valence-electron chi connectivity index (χ3n) is 4.30. The van der Waals surface area contributed by atoms with Gasteiger partial charge >= 0.3 is 5.97 Å². The number of carbonyl (C=O) groups excluding carboxylic acids is 1. The SMILES string of the molecule is C=C(I)C(=O)OCCCNC(CC)(CC)C(C)(CC)OI. The quantitative estimate of drug-likeness (QED) is 0.187. The lowest BCUT2D eigenvalue weighted by molar-refractivity contribution is -0.138. The maximum absolute atomic E-state index is 11.3. The number of halogens is 2. The maximum Gasteiger partial charge on any atom is 0.343 e. The first-order valence-electron chi connectivity index (χ1n) is 7.38. The molecule has 0 radical (unpaired) electrons. The standard InChI is InChI=1S/C15H27I2NO3/c1-6-14(5,21-17)15(7-2,8-3)18-10-9-11-20-13(19)12(4)16/h18H,4,6-11H2,1-3,5H3. The molecule has 0 fully saturated rings. The number of carbonyl (C=O) groups is 1. The van der Waals surface area contributed by atoms with Crippen molar-refractivity contribution in [3.63, 3.8) is 0 Å². The van der Waals surface area contributed by atoms with Crippen LogP contribution in [0.5, 0.6) is 0 Å². The smallest absolute Gasteiger partial charge is 0.343 e. The molecule has 0 aromatic carbocycles. The number of esters is 1. The van der Waals surface area contributed by atoms with Gasteiger partial charge in [-0.15, -0.1) is 0 Å². The lowest BCUT2D eigenvalue weighted by Gasteiger charge is -2.47. The van der Waals surface area contributed by atoms with Crippen molar-refractivity contribution in [1.82, 2.24) is 5.32 Å². The van der Waals surface area contributed by atoms with Crippen molar-refractivity contribution < 1.29 is 12.6 Å². The van der Waals surface area contributed by atoms with Crippen LogP contribution in [0.3, 0.4) is 0 Å². The summed E-state index contributed by atoms with van der Waals surface area (Å²) < 4.78 is 11.3. The van der Waals surface area contributed by atoms with Gasteiger partial charge in [0.05, 0.1) is 15.8 Å². The summed E-state index contributed by atoms with van der Waals surface area (Å²) in [5.41, 5.74) is -0.288. The molecule has 1 N–H and O–H groups in total. The molecule has 21 heavy (non-hydrogen) atoms. The molecule has 1 unspecified atom stereocenters. The van der Waals surface area contributed by atoms with Gasteiger partial charge in [0.2, 0.25) is 0 Å². The summed E-state index contributed by atoms with van der Waals surface area (Å²) in [5.74, 6) is -0.332. The molecule has 0 amide bonds. The number of hydrogen-bond acceptors (Lipinski definition) is 4. The molecule has 0 aromatic heterocycles. The van der Waals surface area contributed by atoms with Gasteiger partial charge in [0.15, 0.2) is 0 Å². The van der Waals surface area contributed by atoms with E-state index in [9.17, 15) is 4.79 Å². The van der Waals surface area contributed by atoms with Crippen LogP contribution < -0.4 is 5.32 Å². The number of nitrogens with one attached hydrogen (secondary N) is 1. The summed E-state index contributed by atoms with van der Waals surface area (Å²) >= 11 is 3.88. The Morgan fingerprint density at radius 1 is 1.24 bits per heavy atom. The van der Waals surface area contributed by atoms with Crippen LogP contribution >= 0.6 is 45.6 Å². The third kappa shape index (κ3) is 5.95. The van der Waals surface area contributed by atoms with Crippen molar-refractivity contribution in [2.75, 3.05) is 13.2 Å². The molecule has 0 bridgehead atoms. The number of hydrogen-bond donors (Lipinski definition) is 1. The highest BCUT2D eigenvalue weighted by atomic mass is 127. The first-order chi connectivity index (χ1) is 9.82. The molecule has 0 aliphatic heterocycles. The van der Waals surface area contributed by atoms with E-state index in [-0.39, 0.29) is 17.1 Å². The van der Waals surface area contributed by atoms with Gasteiger partial charge in [0, 0.05) is 5.54 Å². The summed E-state index contributed by atoms with van der Waals surface area (Å²) in [5, 5.41) is 3.63. The molecule has 0 aliphatic rings. The van der Waals surface area contributed by atoms with Crippen molar-refractivity contribution in [2.45, 2.75) is 64.5 Å². The first kappa shape index (κ1) is 21.6. The van der Waals surface area contributed by atoms with E-state index in [1.165, 1.54) is 0 Å². The van der Waals surface area contributed by atoms with Gasteiger partial charge < -0.3 is 13.1 Å². The Bertz CT molecular complexity index is 340. The minimum atomic E-state index is -0.332. The fourth-order valence-electron chi connectivity index (χ4n) is 2.54. The summed E-state index contributed by atoms with van der Waals surface area (Å²) in [6, 6.07) is 0. The third-order valence-corrected chi connectivity index (χ3v) is 5.72.